The Bertz CT molecular complexity index is 1130. The van der Waals surface area contributed by atoms with E-state index in [1.807, 2.05) is 0 Å². The summed E-state index contributed by atoms with van der Waals surface area (Å²) in [6.45, 7) is -1.36. The van der Waals surface area contributed by atoms with Crippen molar-refractivity contribution < 1.29 is 29.0 Å². The highest BCUT2D eigenvalue weighted by Gasteiger charge is 2.23. The van der Waals surface area contributed by atoms with E-state index in [2.05, 4.69) is 10.6 Å². The number of hydrogen-bond donors (Lipinski definition) is 3. The maximum absolute atomic E-state index is 12.8. The number of carbonyl (C=O) groups is 4. The van der Waals surface area contributed by atoms with Crippen LogP contribution in [0.5, 0.6) is 0 Å². The van der Waals surface area contributed by atoms with Crippen molar-refractivity contribution in [2.45, 2.75) is 6.04 Å². The lowest BCUT2D eigenvalue weighted by Gasteiger charge is -2.16. The van der Waals surface area contributed by atoms with Crippen LogP contribution in [0, 0.1) is 0 Å². The fourth-order valence-corrected chi connectivity index (χ4v) is 2.97. The molecular weight excluding hydrogens is 424 g/mol. The maximum Gasteiger partial charge on any atom is 0.331 e. The monoisotopic (exact) mass is 446 g/mol. The minimum absolute atomic E-state index is 0.267. The molecule has 1 atom stereocenters. The van der Waals surface area contributed by atoms with Gasteiger partial charge < -0.3 is 20.5 Å². The third kappa shape index (κ3) is 6.34. The van der Waals surface area contributed by atoms with Gasteiger partial charge in [-0.15, -0.1) is 0 Å². The fourth-order valence-electron chi connectivity index (χ4n) is 2.97. The van der Waals surface area contributed by atoms with Gasteiger partial charge in [0, 0.05) is 16.7 Å². The third-order valence-corrected chi connectivity index (χ3v) is 4.64. The van der Waals surface area contributed by atoms with Gasteiger partial charge in [-0.25, -0.2) is 4.79 Å². The van der Waals surface area contributed by atoms with Crippen LogP contribution in [0.4, 0.5) is 5.69 Å². The van der Waals surface area contributed by atoms with Gasteiger partial charge in [0.25, 0.3) is 11.8 Å². The molecule has 0 heterocycles. The molecule has 8 heteroatoms. The molecule has 0 saturated heterocycles. The number of carbonyl (C=O) groups excluding carboxylic acids is 4. The molecule has 0 aliphatic heterocycles. The Hall–Kier alpha value is -4.30. The molecule has 168 valence electrons. The van der Waals surface area contributed by atoms with E-state index >= 15 is 0 Å². The summed E-state index contributed by atoms with van der Waals surface area (Å²) in [7, 11) is 0. The average molecular weight is 446 g/mol. The quantitative estimate of drug-likeness (QED) is 0.342. The molecule has 8 nitrogen and oxygen atoms in total. The summed E-state index contributed by atoms with van der Waals surface area (Å²) in [6.07, 6.45) is 0. The summed E-state index contributed by atoms with van der Waals surface area (Å²) in [4.78, 5) is 49.5. The van der Waals surface area contributed by atoms with E-state index < -0.39 is 37.0 Å². The smallest absolute Gasteiger partial charge is 0.331 e. The zero-order valence-corrected chi connectivity index (χ0v) is 17.6. The van der Waals surface area contributed by atoms with Gasteiger partial charge in [-0.3, -0.25) is 14.4 Å². The van der Waals surface area contributed by atoms with Gasteiger partial charge in [-0.1, -0.05) is 60.7 Å². The minimum Gasteiger partial charge on any atom is -0.454 e. The number of rotatable bonds is 9. The van der Waals surface area contributed by atoms with E-state index in [1.54, 1.807) is 84.9 Å². The standard InChI is InChI=1S/C25H22N2O6/c28-15-21(27-24(31)18-11-5-2-6-12-18)25(32)33-16-22(29)26-20-14-8-7-13-19(20)23(30)17-9-3-1-4-10-17/h1-14,21,28H,15-16H2,(H,26,29)(H,27,31). The molecule has 0 radical (unpaired) electrons. The Kier molecular flexibility index (Phi) is 8.04. The highest BCUT2D eigenvalue weighted by molar-refractivity contribution is 6.13. The second-order valence-corrected chi connectivity index (χ2v) is 6.97. The highest BCUT2D eigenvalue weighted by Crippen LogP contribution is 2.19. The number of ketones is 1. The predicted octanol–water partition coefficient (Wildman–Crippen LogP) is 2.19. The molecule has 3 rings (SSSR count). The van der Waals surface area contributed by atoms with Crippen LogP contribution in [-0.4, -0.2) is 47.9 Å². The Morgan fingerprint density at radius 2 is 1.36 bits per heavy atom. The SMILES string of the molecule is O=C(COC(=O)C(CO)NC(=O)c1ccccc1)Nc1ccccc1C(=O)c1ccccc1. The third-order valence-electron chi connectivity index (χ3n) is 4.64. The number of esters is 1. The molecule has 3 aromatic rings. The van der Waals surface area contributed by atoms with Crippen LogP contribution in [0.3, 0.4) is 0 Å². The Balaban J connectivity index is 1.58. The van der Waals surface area contributed by atoms with E-state index in [0.29, 0.717) is 11.1 Å². The summed E-state index contributed by atoms with van der Waals surface area (Å²) >= 11 is 0. The summed E-state index contributed by atoms with van der Waals surface area (Å²) in [5.74, 6) is -2.48. The number of aliphatic hydroxyl groups excluding tert-OH is 1. The topological polar surface area (TPSA) is 122 Å². The summed E-state index contributed by atoms with van der Waals surface area (Å²) in [5.41, 5.74) is 1.32. The van der Waals surface area contributed by atoms with Crippen LogP contribution >= 0.6 is 0 Å². The fraction of sp³-hybridized carbons (Fsp3) is 0.120. The van der Waals surface area contributed by atoms with Gasteiger partial charge in [-0.2, -0.15) is 0 Å². The molecule has 0 spiro atoms. The van der Waals surface area contributed by atoms with Crippen LogP contribution in [0.15, 0.2) is 84.9 Å². The molecule has 2 amide bonds. The lowest BCUT2D eigenvalue weighted by molar-refractivity contribution is -0.150. The number of para-hydroxylation sites is 1. The molecule has 0 aromatic heterocycles. The number of nitrogens with one attached hydrogen (secondary N) is 2. The molecule has 0 fully saturated rings. The van der Waals surface area contributed by atoms with Crippen molar-refractivity contribution in [3.05, 3.63) is 102 Å². The van der Waals surface area contributed by atoms with Gasteiger partial charge in [0.15, 0.2) is 18.4 Å². The van der Waals surface area contributed by atoms with Crippen molar-refractivity contribution in [3.63, 3.8) is 0 Å². The van der Waals surface area contributed by atoms with E-state index in [-0.39, 0.29) is 17.0 Å². The summed E-state index contributed by atoms with van der Waals surface area (Å²) in [5, 5.41) is 14.4. The molecule has 0 bridgehead atoms. The Morgan fingerprint density at radius 1 is 0.788 bits per heavy atom. The Labute approximate surface area is 190 Å². The van der Waals surface area contributed by atoms with Crippen molar-refractivity contribution in [1.82, 2.24) is 5.32 Å². The number of amides is 2. The van der Waals surface area contributed by atoms with Crippen molar-refractivity contribution in [1.29, 1.82) is 0 Å². The molecule has 0 saturated carbocycles. The lowest BCUT2D eigenvalue weighted by Crippen LogP contribution is -2.45. The van der Waals surface area contributed by atoms with E-state index in [1.165, 1.54) is 0 Å². The summed E-state index contributed by atoms with van der Waals surface area (Å²) in [6, 6.07) is 21.9. The first kappa shape index (κ1) is 23.4. The van der Waals surface area contributed by atoms with Crippen molar-refractivity contribution >= 4 is 29.3 Å². The predicted molar refractivity (Wildman–Crippen MR) is 121 cm³/mol. The van der Waals surface area contributed by atoms with Crippen LogP contribution in [0.2, 0.25) is 0 Å². The number of anilines is 1. The lowest BCUT2D eigenvalue weighted by atomic mass is 10.0. The average Bonchev–Trinajstić information content (AvgIpc) is 2.86. The first-order chi connectivity index (χ1) is 16.0. The molecule has 3 aromatic carbocycles. The minimum atomic E-state index is -1.34. The van der Waals surface area contributed by atoms with Crippen molar-refractivity contribution in [2.75, 3.05) is 18.5 Å². The van der Waals surface area contributed by atoms with Crippen LogP contribution in [0.25, 0.3) is 0 Å². The first-order valence-electron chi connectivity index (χ1n) is 10.1. The molecule has 33 heavy (non-hydrogen) atoms. The number of ether oxygens (including phenoxy) is 1. The van der Waals surface area contributed by atoms with Gasteiger partial charge in [0.05, 0.1) is 12.3 Å². The van der Waals surface area contributed by atoms with Crippen LogP contribution in [-0.2, 0) is 14.3 Å². The van der Waals surface area contributed by atoms with E-state index in [9.17, 15) is 24.3 Å². The number of hydrogen-bond acceptors (Lipinski definition) is 6. The zero-order valence-electron chi connectivity index (χ0n) is 17.6. The molecule has 0 aliphatic carbocycles. The Morgan fingerprint density at radius 3 is 2.00 bits per heavy atom. The van der Waals surface area contributed by atoms with E-state index in [0.717, 1.165) is 0 Å². The van der Waals surface area contributed by atoms with Gasteiger partial charge in [0.2, 0.25) is 0 Å². The van der Waals surface area contributed by atoms with Gasteiger partial charge in [-0.05, 0) is 24.3 Å². The normalized spacial score (nSPS) is 11.2. The number of benzene rings is 3. The van der Waals surface area contributed by atoms with Crippen molar-refractivity contribution in [2.24, 2.45) is 0 Å². The maximum atomic E-state index is 12.8. The zero-order chi connectivity index (χ0) is 23.6. The highest BCUT2D eigenvalue weighted by atomic mass is 16.5. The second kappa shape index (κ2) is 11.4. The van der Waals surface area contributed by atoms with E-state index in [4.69, 9.17) is 4.74 Å². The molecule has 1 unspecified atom stereocenters. The first-order valence-corrected chi connectivity index (χ1v) is 10.1. The summed E-state index contributed by atoms with van der Waals surface area (Å²) < 4.78 is 4.94. The van der Waals surface area contributed by atoms with Gasteiger partial charge in [0.1, 0.15) is 0 Å². The molecular formula is C25H22N2O6. The van der Waals surface area contributed by atoms with Crippen LogP contribution < -0.4 is 10.6 Å². The second-order valence-electron chi connectivity index (χ2n) is 6.97. The van der Waals surface area contributed by atoms with Crippen LogP contribution in [0.1, 0.15) is 26.3 Å². The number of aliphatic hydroxyl groups is 1. The largest absolute Gasteiger partial charge is 0.454 e. The molecule has 3 N–H and O–H groups in total. The molecule has 0 aliphatic rings. The van der Waals surface area contributed by atoms with Gasteiger partial charge >= 0.3 is 5.97 Å². The van der Waals surface area contributed by atoms with Crippen molar-refractivity contribution in [3.8, 4) is 0 Å².